The van der Waals surface area contributed by atoms with Gasteiger partial charge in [-0.05, 0) is 36.8 Å². The summed E-state index contributed by atoms with van der Waals surface area (Å²) in [5.41, 5.74) is 5.10. The van der Waals surface area contributed by atoms with Crippen molar-refractivity contribution < 1.29 is 9.53 Å². The van der Waals surface area contributed by atoms with Gasteiger partial charge in [0.15, 0.2) is 0 Å². The number of esters is 1. The number of hydrazine groups is 1. The second-order valence-corrected chi connectivity index (χ2v) is 5.90. The minimum Gasteiger partial charge on any atom is -0.460 e. The largest absolute Gasteiger partial charge is 0.460 e. The van der Waals surface area contributed by atoms with Crippen molar-refractivity contribution in [2.45, 2.75) is 13.1 Å². The van der Waals surface area contributed by atoms with Crippen molar-refractivity contribution in [1.29, 1.82) is 0 Å². The molecule has 0 spiro atoms. The topological polar surface area (TPSA) is 57.2 Å². The first-order chi connectivity index (χ1) is 12.1. The van der Waals surface area contributed by atoms with Crippen molar-refractivity contribution in [3.05, 3.63) is 65.2 Å². The number of hydrogen-bond donors (Lipinski definition) is 1. The molecule has 0 aliphatic carbocycles. The summed E-state index contributed by atoms with van der Waals surface area (Å²) < 4.78 is 5.10. The number of rotatable bonds is 4. The molecule has 130 valence electrons. The molecular weight excluding hydrogens is 340 g/mol. The third kappa shape index (κ3) is 3.75. The number of halogens is 1. The Labute approximate surface area is 151 Å². The van der Waals surface area contributed by atoms with Crippen LogP contribution in [0.4, 0.5) is 5.69 Å². The molecule has 0 amide bonds. The molecule has 6 nitrogen and oxygen atoms in total. The van der Waals surface area contributed by atoms with E-state index in [1.54, 1.807) is 36.1 Å². The van der Waals surface area contributed by atoms with Crippen molar-refractivity contribution in [3.8, 4) is 0 Å². The smallest absolute Gasteiger partial charge is 0.377 e. The quantitative estimate of drug-likeness (QED) is 0.851. The van der Waals surface area contributed by atoms with Gasteiger partial charge in [0, 0.05) is 12.1 Å². The highest BCUT2D eigenvalue weighted by atomic mass is 35.5. The maximum absolute atomic E-state index is 12.2. The summed E-state index contributed by atoms with van der Waals surface area (Å²) in [6, 6.07) is 17.2. The summed E-state index contributed by atoms with van der Waals surface area (Å²) in [6.45, 7) is 2.05. The number of carbonyl (C=O) groups excluding carboxylic acids is 1. The number of amidine groups is 1. The molecule has 0 fully saturated rings. The number of anilines is 1. The summed E-state index contributed by atoms with van der Waals surface area (Å²) in [4.78, 5) is 12.2. The van der Waals surface area contributed by atoms with Crippen LogP contribution in [0.15, 0.2) is 59.7 Å². The second kappa shape index (κ2) is 7.55. The number of nitrogens with one attached hydrogen (secondary N) is 1. The van der Waals surface area contributed by atoms with E-state index in [4.69, 9.17) is 16.3 Å². The zero-order chi connectivity index (χ0) is 17.8. The van der Waals surface area contributed by atoms with Crippen LogP contribution in [0.3, 0.4) is 0 Å². The number of ether oxygens (including phenoxy) is 1. The highest BCUT2D eigenvalue weighted by molar-refractivity contribution is 6.35. The average molecular weight is 359 g/mol. The highest BCUT2D eigenvalue weighted by Gasteiger charge is 2.32. The van der Waals surface area contributed by atoms with Crippen LogP contribution in [0.5, 0.6) is 0 Å². The minimum absolute atomic E-state index is 0.184. The van der Waals surface area contributed by atoms with Gasteiger partial charge in [0.1, 0.15) is 6.17 Å². The lowest BCUT2D eigenvalue weighted by molar-refractivity contribution is -0.136. The fourth-order valence-electron chi connectivity index (χ4n) is 2.55. The number of hydrazone groups is 1. The zero-order valence-electron chi connectivity index (χ0n) is 14.0. The Kier molecular flexibility index (Phi) is 5.21. The van der Waals surface area contributed by atoms with Crippen molar-refractivity contribution in [2.75, 3.05) is 18.7 Å². The lowest BCUT2D eigenvalue weighted by Gasteiger charge is -2.39. The van der Waals surface area contributed by atoms with Gasteiger partial charge in [-0.25, -0.2) is 15.2 Å². The fourth-order valence-corrected chi connectivity index (χ4v) is 2.68. The monoisotopic (exact) mass is 358 g/mol. The van der Waals surface area contributed by atoms with Crippen LogP contribution in [0, 0.1) is 0 Å². The van der Waals surface area contributed by atoms with Gasteiger partial charge in [-0.3, -0.25) is 5.01 Å². The first-order valence-corrected chi connectivity index (χ1v) is 8.33. The first-order valence-electron chi connectivity index (χ1n) is 7.95. The Morgan fingerprint density at radius 3 is 2.52 bits per heavy atom. The average Bonchev–Trinajstić information content (AvgIpc) is 2.63. The minimum atomic E-state index is -0.483. The summed E-state index contributed by atoms with van der Waals surface area (Å²) in [7, 11) is 1.74. The SMILES string of the molecule is CCOC(=O)C1=NN(c2ccc(Cl)cc2)[C@@H](c2ccccc2)NN1C. The number of nitrogens with zero attached hydrogens (tertiary/aromatic N) is 3. The van der Waals surface area contributed by atoms with Gasteiger partial charge < -0.3 is 4.74 Å². The molecule has 0 radical (unpaired) electrons. The van der Waals surface area contributed by atoms with Crippen molar-refractivity contribution in [2.24, 2.45) is 5.10 Å². The molecule has 2 aromatic rings. The van der Waals surface area contributed by atoms with Crippen molar-refractivity contribution in [1.82, 2.24) is 10.4 Å². The molecule has 1 atom stereocenters. The molecule has 3 rings (SSSR count). The Morgan fingerprint density at radius 2 is 1.88 bits per heavy atom. The molecule has 2 aromatic carbocycles. The normalized spacial score (nSPS) is 17.2. The number of benzene rings is 2. The summed E-state index contributed by atoms with van der Waals surface area (Å²) in [6.07, 6.45) is -0.273. The molecule has 1 heterocycles. The summed E-state index contributed by atoms with van der Waals surface area (Å²) in [5.74, 6) is -0.299. The highest BCUT2D eigenvalue weighted by Crippen LogP contribution is 2.29. The number of carbonyl (C=O) groups is 1. The third-order valence-electron chi connectivity index (χ3n) is 3.75. The number of likely N-dealkylation sites (N-methyl/N-ethyl adjacent to an activating group) is 1. The van der Waals surface area contributed by atoms with E-state index >= 15 is 0 Å². The summed E-state index contributed by atoms with van der Waals surface area (Å²) in [5, 5.41) is 8.50. The van der Waals surface area contributed by atoms with Crippen molar-refractivity contribution in [3.63, 3.8) is 0 Å². The van der Waals surface area contributed by atoms with E-state index in [0.29, 0.717) is 5.02 Å². The molecule has 1 N–H and O–H groups in total. The first kappa shape index (κ1) is 17.3. The molecule has 1 aliphatic heterocycles. The fraction of sp³-hybridized carbons (Fsp3) is 0.222. The van der Waals surface area contributed by atoms with E-state index in [-0.39, 0.29) is 18.6 Å². The van der Waals surface area contributed by atoms with Crippen molar-refractivity contribution >= 4 is 29.1 Å². The Bertz CT molecular complexity index is 764. The van der Waals surface area contributed by atoms with E-state index in [1.807, 2.05) is 42.5 Å². The van der Waals surface area contributed by atoms with Crippen LogP contribution in [-0.2, 0) is 9.53 Å². The van der Waals surface area contributed by atoms with Gasteiger partial charge in [0.05, 0.1) is 12.3 Å². The van der Waals surface area contributed by atoms with E-state index in [1.165, 1.54) is 0 Å². The predicted molar refractivity (Wildman–Crippen MR) is 98.1 cm³/mol. The van der Waals surface area contributed by atoms with Gasteiger partial charge in [0.2, 0.25) is 5.84 Å². The van der Waals surface area contributed by atoms with Crippen LogP contribution >= 0.6 is 11.6 Å². The molecule has 0 aromatic heterocycles. The maximum Gasteiger partial charge on any atom is 0.377 e. The van der Waals surface area contributed by atoms with Crippen LogP contribution in [0.2, 0.25) is 5.02 Å². The second-order valence-electron chi connectivity index (χ2n) is 5.47. The van der Waals surface area contributed by atoms with Crippen LogP contribution < -0.4 is 10.4 Å². The molecule has 1 aliphatic rings. The Balaban J connectivity index is 2.03. The molecule has 25 heavy (non-hydrogen) atoms. The van der Waals surface area contributed by atoms with E-state index in [2.05, 4.69) is 10.5 Å². The molecule has 0 bridgehead atoms. The predicted octanol–water partition coefficient (Wildman–Crippen LogP) is 3.17. The van der Waals surface area contributed by atoms with E-state index in [9.17, 15) is 4.79 Å². The Morgan fingerprint density at radius 1 is 1.20 bits per heavy atom. The van der Waals surface area contributed by atoms with Gasteiger partial charge in [-0.1, -0.05) is 41.9 Å². The van der Waals surface area contributed by atoms with Gasteiger partial charge in [-0.15, -0.1) is 5.10 Å². The number of hydrogen-bond acceptors (Lipinski definition) is 6. The lowest BCUT2D eigenvalue weighted by atomic mass is 10.1. The lowest BCUT2D eigenvalue weighted by Crippen LogP contribution is -2.55. The molecule has 0 saturated heterocycles. The van der Waals surface area contributed by atoms with Gasteiger partial charge >= 0.3 is 5.97 Å². The van der Waals surface area contributed by atoms with E-state index in [0.717, 1.165) is 11.3 Å². The third-order valence-corrected chi connectivity index (χ3v) is 4.00. The Hall–Kier alpha value is -2.57. The molecule has 7 heteroatoms. The molecule has 0 unspecified atom stereocenters. The van der Waals surface area contributed by atoms with Gasteiger partial charge in [0.25, 0.3) is 0 Å². The standard InChI is InChI=1S/C18H19ClN4O2/c1-3-25-18(24)17-21-23(15-11-9-14(19)10-12-15)16(20-22(17)2)13-7-5-4-6-8-13/h4-12,16,20H,3H2,1-2H3/t16-/m0/s1. The van der Waals surface area contributed by atoms with Crippen LogP contribution in [-0.4, -0.2) is 30.5 Å². The maximum atomic E-state index is 12.2. The molecule has 0 saturated carbocycles. The zero-order valence-corrected chi connectivity index (χ0v) is 14.8. The van der Waals surface area contributed by atoms with Crippen LogP contribution in [0.1, 0.15) is 18.7 Å². The van der Waals surface area contributed by atoms with E-state index < -0.39 is 5.97 Å². The van der Waals surface area contributed by atoms with Gasteiger partial charge in [-0.2, -0.15) is 0 Å². The molecular formula is C18H19ClN4O2. The summed E-state index contributed by atoms with van der Waals surface area (Å²) >= 11 is 6.00. The van der Waals surface area contributed by atoms with Crippen LogP contribution in [0.25, 0.3) is 0 Å².